The number of halogens is 3. The van der Waals surface area contributed by atoms with E-state index in [1.165, 1.54) is 50.6 Å². The minimum absolute atomic E-state index is 0.0413. The summed E-state index contributed by atoms with van der Waals surface area (Å²) in [6.07, 6.45) is 9.90. The summed E-state index contributed by atoms with van der Waals surface area (Å²) in [7, 11) is 2.75. The summed E-state index contributed by atoms with van der Waals surface area (Å²) >= 11 is 0. The van der Waals surface area contributed by atoms with Crippen molar-refractivity contribution < 1.29 is 79.6 Å². The zero-order valence-electron chi connectivity index (χ0n) is 64.8. The minimum Gasteiger partial charge on any atom is -0.467 e. The second-order valence-corrected chi connectivity index (χ2v) is 29.3. The van der Waals surface area contributed by atoms with Crippen molar-refractivity contribution in [2.24, 2.45) is 0 Å². The fourth-order valence-electron chi connectivity index (χ4n) is 15.3. The number of aromatic amines is 3. The number of ether oxygens (including phenoxy) is 2. The number of benzene rings is 6. The Bertz CT molecular complexity index is 5840. The summed E-state index contributed by atoms with van der Waals surface area (Å²) in [5.41, 5.74) is 7.90. The highest BCUT2D eigenvalue weighted by molar-refractivity contribution is 6.05. The maximum absolute atomic E-state index is 15.0. The van der Waals surface area contributed by atoms with Gasteiger partial charge in [-0.2, -0.15) is 9.97 Å². The lowest BCUT2D eigenvalue weighted by Crippen LogP contribution is -2.56. The highest BCUT2D eigenvalue weighted by Crippen LogP contribution is 2.38. The summed E-state index contributed by atoms with van der Waals surface area (Å²) in [5.74, 6) is -5.05. The number of aryl methyl sites for hydroxylation is 1. The van der Waals surface area contributed by atoms with E-state index in [4.69, 9.17) is 18.5 Å². The van der Waals surface area contributed by atoms with Crippen LogP contribution in [0, 0.1) is 17.5 Å². The van der Waals surface area contributed by atoms with Gasteiger partial charge in [-0.15, -0.1) is 0 Å². The molecule has 27 nitrogen and oxygen atoms in total. The number of Topliss-reactive ketones (excluding diaryl/α,β-unsaturated/α-hetero) is 3. The van der Waals surface area contributed by atoms with Crippen LogP contribution in [0.3, 0.4) is 0 Å². The first-order chi connectivity index (χ1) is 56.3. The number of carbonyl (C=O) groups excluding carboxylic acids is 10. The molecule has 4 aliphatic rings. The minimum atomic E-state index is -1.22. The number of fused-ring (bicyclic) bond motifs is 3. The molecule has 6 aromatic carbocycles. The van der Waals surface area contributed by atoms with Crippen LogP contribution in [0.1, 0.15) is 185 Å². The first-order valence-corrected chi connectivity index (χ1v) is 38.1. The predicted octanol–water partition coefficient (Wildman–Crippen LogP) is 11.9. The second kappa shape index (κ2) is 35.9. The molecule has 8 heterocycles. The number of carbonyl (C=O) groups is 10. The van der Waals surface area contributed by atoms with Gasteiger partial charge in [-0.1, -0.05) is 89.6 Å². The first-order valence-electron chi connectivity index (χ1n) is 38.1. The Kier molecular flexibility index (Phi) is 25.0. The standard InChI is InChI=1S/C31H32FN3O5.C28H26FN5O5.C28H26FN5O4/c1-18-14-26(37)34-28(27(18)25(36)16-19-6-9-24-20(15-19)10-13-33-24)21-7-8-23(32)22(17-21)29(38)35-31(30(39)40-2)11-4-3-5-12-31;1-15-9-24(36)33-27(26(15)22(35)11-16-3-6-21-17(10-16)7-8-30-21)18-4-5-20(29)19(12-18)28(37)31-13-25-32-23(14-38-2)34-39-25;1-3-25-32-23(34-38-25)14-31-28(37)19-13-18(5-6-20(19)29)27-26(15(2)10-24(36)33-27)22(35)12-16-4-7-21-17(11-16)8-9-30-21/h6-10,13,15,17,28,33H,3-5,11-12,14,16H2,1-2H3,(H,34,37)(H,35,38);3-8,10,12,27,30H,9,11,13-14H2,1-2H3,(H,31,37)(H,33,36);4-9,11,13,27,30H,3,10,12,14H2,1-2H3,(H,31,37)(H,33,36). The largest absolute Gasteiger partial charge is 0.467 e. The van der Waals surface area contributed by atoms with Crippen LogP contribution >= 0.6 is 0 Å². The van der Waals surface area contributed by atoms with Crippen LogP contribution in [-0.2, 0) is 88.4 Å². The Labute approximate surface area is 667 Å². The van der Waals surface area contributed by atoms with Gasteiger partial charge in [-0.25, -0.2) is 18.0 Å². The first kappa shape index (κ1) is 81.5. The smallest absolute Gasteiger partial charge is 0.331 e. The fraction of sp³-hybridized carbons (Fsp3) is 0.287. The number of hydrogen-bond donors (Lipinski definition) is 9. The van der Waals surface area contributed by atoms with Gasteiger partial charge < -0.3 is 65.4 Å². The van der Waals surface area contributed by atoms with Crippen molar-refractivity contribution in [3.05, 3.63) is 270 Å². The summed E-state index contributed by atoms with van der Waals surface area (Å²) in [5, 5.41) is 26.9. The van der Waals surface area contributed by atoms with Gasteiger partial charge in [0, 0.05) is 104 Å². The molecule has 1 saturated carbocycles. The highest BCUT2D eigenvalue weighted by atomic mass is 19.1. The molecular weight excluding hydrogens is 1510 g/mol. The van der Waals surface area contributed by atoms with Crippen LogP contribution in [0.5, 0.6) is 0 Å². The van der Waals surface area contributed by atoms with E-state index in [-0.39, 0.29) is 122 Å². The van der Waals surface area contributed by atoms with E-state index in [1.54, 1.807) is 20.8 Å². The third kappa shape index (κ3) is 18.8. The molecule has 3 aliphatic heterocycles. The van der Waals surface area contributed by atoms with E-state index in [0.717, 1.165) is 86.9 Å². The molecule has 9 N–H and O–H groups in total. The van der Waals surface area contributed by atoms with E-state index in [1.807, 2.05) is 98.3 Å². The van der Waals surface area contributed by atoms with E-state index in [0.29, 0.717) is 81.1 Å². The molecule has 6 amide bonds. The van der Waals surface area contributed by atoms with E-state index in [2.05, 4.69) is 67.1 Å². The summed E-state index contributed by atoms with van der Waals surface area (Å²) < 4.78 is 64.4. The van der Waals surface area contributed by atoms with Crippen molar-refractivity contribution >= 4 is 91.5 Å². The topological polar surface area (TPSA) is 387 Å². The molecule has 1 fully saturated rings. The Morgan fingerprint density at radius 2 is 0.863 bits per heavy atom. The maximum Gasteiger partial charge on any atom is 0.331 e. The van der Waals surface area contributed by atoms with E-state index in [9.17, 15) is 56.7 Å². The average Bonchev–Trinajstić information content (AvgIpc) is 1.27. The van der Waals surface area contributed by atoms with Crippen LogP contribution < -0.4 is 31.9 Å². The molecule has 0 saturated heterocycles. The van der Waals surface area contributed by atoms with Gasteiger partial charge >= 0.3 is 5.97 Å². The molecule has 3 unspecified atom stereocenters. The zero-order chi connectivity index (χ0) is 82.8. The Morgan fingerprint density at radius 1 is 0.479 bits per heavy atom. The molecule has 0 bridgehead atoms. The molecule has 11 aromatic rings. The van der Waals surface area contributed by atoms with Gasteiger partial charge in [0.1, 0.15) is 29.6 Å². The number of methoxy groups -OCH3 is 2. The number of esters is 1. The van der Waals surface area contributed by atoms with Crippen molar-refractivity contribution in [1.29, 1.82) is 0 Å². The number of hydrogen-bond acceptors (Lipinski definition) is 18. The molecule has 3 atom stereocenters. The molecule has 30 heteroatoms. The van der Waals surface area contributed by atoms with E-state index >= 15 is 4.39 Å². The lowest BCUT2D eigenvalue weighted by Gasteiger charge is -2.35. The van der Waals surface area contributed by atoms with Gasteiger partial charge in [-0.05, 0) is 174 Å². The van der Waals surface area contributed by atoms with Gasteiger partial charge in [0.2, 0.25) is 29.5 Å². The molecular formula is C87H84F3N13O14. The third-order valence-electron chi connectivity index (χ3n) is 21.0. The maximum atomic E-state index is 15.0. The van der Waals surface area contributed by atoms with Crippen LogP contribution in [0.25, 0.3) is 32.7 Å². The third-order valence-corrected chi connectivity index (χ3v) is 21.0. The predicted molar refractivity (Wildman–Crippen MR) is 421 cm³/mol. The average molecular weight is 1590 g/mol. The van der Waals surface area contributed by atoms with Crippen molar-refractivity contribution in [2.45, 2.75) is 148 Å². The normalized spacial score (nSPS) is 16.6. The summed E-state index contributed by atoms with van der Waals surface area (Å²) in [6, 6.07) is 32.4. The number of amides is 6. The molecule has 0 radical (unpaired) electrons. The van der Waals surface area contributed by atoms with Crippen LogP contribution in [-0.4, -0.2) is 114 Å². The van der Waals surface area contributed by atoms with Crippen molar-refractivity contribution in [3.8, 4) is 0 Å². The summed E-state index contributed by atoms with van der Waals surface area (Å²) in [6.45, 7) is 7.09. The Hall–Kier alpha value is -13.5. The van der Waals surface area contributed by atoms with Crippen LogP contribution in [0.2, 0.25) is 0 Å². The lowest BCUT2D eigenvalue weighted by molar-refractivity contribution is -0.149. The van der Waals surface area contributed by atoms with Crippen molar-refractivity contribution in [1.82, 2.24) is 67.1 Å². The lowest BCUT2D eigenvalue weighted by atomic mass is 9.81. The van der Waals surface area contributed by atoms with Crippen LogP contribution in [0.15, 0.2) is 188 Å². The summed E-state index contributed by atoms with van der Waals surface area (Å²) in [4.78, 5) is 147. The molecule has 117 heavy (non-hydrogen) atoms. The zero-order valence-corrected chi connectivity index (χ0v) is 64.8. The number of H-pyrrole nitrogens is 3. The number of nitrogens with zero attached hydrogens (tertiary/aromatic N) is 4. The van der Waals surface area contributed by atoms with Gasteiger partial charge in [0.25, 0.3) is 17.7 Å². The Morgan fingerprint density at radius 3 is 1.26 bits per heavy atom. The molecule has 5 aromatic heterocycles. The highest BCUT2D eigenvalue weighted by Gasteiger charge is 2.43. The number of nitrogens with one attached hydrogen (secondary N) is 9. The fourth-order valence-corrected chi connectivity index (χ4v) is 15.3. The monoisotopic (exact) mass is 1590 g/mol. The van der Waals surface area contributed by atoms with Crippen molar-refractivity contribution in [2.75, 3.05) is 14.2 Å². The number of rotatable bonds is 24. The van der Waals surface area contributed by atoms with E-state index < -0.39 is 64.8 Å². The van der Waals surface area contributed by atoms with Crippen molar-refractivity contribution in [3.63, 3.8) is 0 Å². The SMILES string of the molecule is CCc1nc(CNC(=O)c2cc(C3NC(=O)CC(C)=C3C(=O)Cc3ccc4[nH]ccc4c3)ccc2F)no1.COC(=O)C1(NC(=O)c2cc(C3NC(=O)CC(C)=C3C(=O)Cc3ccc4[nH]ccc4c3)ccc2F)CCCCC1.COCc1noc(CNC(=O)c2cc(C3NC(=O)CC(C)=C3C(=O)Cc3ccc4[nH]ccc4c3)ccc2F)n1. The molecule has 15 rings (SSSR count). The number of aromatic nitrogens is 7. The molecule has 1 aliphatic carbocycles. The van der Waals surface area contributed by atoms with Crippen LogP contribution in [0.4, 0.5) is 13.2 Å². The quantitative estimate of drug-likeness (QED) is 0.0254. The Balaban J connectivity index is 0.000000152. The molecule has 0 spiro atoms. The molecule has 602 valence electrons. The van der Waals surface area contributed by atoms with Gasteiger partial charge in [0.15, 0.2) is 29.0 Å². The van der Waals surface area contributed by atoms with Gasteiger partial charge in [0.05, 0.1) is 55.0 Å². The second-order valence-electron chi connectivity index (χ2n) is 29.3. The van der Waals surface area contributed by atoms with Gasteiger partial charge in [-0.3, -0.25) is 43.2 Å². The number of ketones is 3.